The van der Waals surface area contributed by atoms with Gasteiger partial charge in [-0.25, -0.2) is 0 Å². The summed E-state index contributed by atoms with van der Waals surface area (Å²) in [7, 11) is 0. The summed E-state index contributed by atoms with van der Waals surface area (Å²) in [6, 6.07) is 5.11. The molecule has 0 bridgehead atoms. The summed E-state index contributed by atoms with van der Waals surface area (Å²) in [4.78, 5) is 14.2. The molecule has 2 fully saturated rings. The van der Waals surface area contributed by atoms with E-state index in [-0.39, 0.29) is 23.6 Å². The van der Waals surface area contributed by atoms with E-state index in [2.05, 4.69) is 5.16 Å². The molecule has 3 atom stereocenters. The van der Waals surface area contributed by atoms with Crippen molar-refractivity contribution in [2.75, 3.05) is 13.1 Å². The van der Waals surface area contributed by atoms with Crippen molar-refractivity contribution in [3.63, 3.8) is 0 Å². The highest BCUT2D eigenvalue weighted by Crippen LogP contribution is 2.38. The smallest absolute Gasteiger partial charge is 0.276 e. The number of aliphatic hydroxyl groups excluding tert-OH is 1. The lowest BCUT2D eigenvalue weighted by Gasteiger charge is -2.16. The molecule has 3 heterocycles. The second-order valence-corrected chi connectivity index (χ2v) is 5.83. The third-order valence-corrected chi connectivity index (χ3v) is 4.60. The topological polar surface area (TPSA) is 79.7 Å². The van der Waals surface area contributed by atoms with Crippen LogP contribution in [-0.2, 0) is 0 Å². The highest BCUT2D eigenvalue weighted by Gasteiger charge is 2.43. The summed E-state index contributed by atoms with van der Waals surface area (Å²) in [5.74, 6) is 1.49. The number of hydrogen-bond donors (Lipinski definition) is 1. The molecule has 6 nitrogen and oxygen atoms in total. The molecular formula is C15H16N2O4. The highest BCUT2D eigenvalue weighted by atomic mass is 16.5. The van der Waals surface area contributed by atoms with Gasteiger partial charge in [0.2, 0.25) is 5.76 Å². The minimum atomic E-state index is -0.274. The lowest BCUT2D eigenvalue weighted by molar-refractivity contribution is 0.0742. The fraction of sp³-hybridized carbons (Fsp3) is 0.467. The van der Waals surface area contributed by atoms with Gasteiger partial charge in [-0.2, -0.15) is 0 Å². The lowest BCUT2D eigenvalue weighted by Crippen LogP contribution is -2.31. The number of aromatic nitrogens is 1. The van der Waals surface area contributed by atoms with Crippen LogP contribution in [0, 0.1) is 11.8 Å². The predicted octanol–water partition coefficient (Wildman–Crippen LogP) is 1.78. The maximum atomic E-state index is 12.5. The summed E-state index contributed by atoms with van der Waals surface area (Å²) in [5.41, 5.74) is 0.288. The van der Waals surface area contributed by atoms with Crippen LogP contribution in [0.1, 0.15) is 23.3 Å². The normalized spacial score (nSPS) is 28.0. The van der Waals surface area contributed by atoms with E-state index in [4.69, 9.17) is 8.94 Å². The molecular weight excluding hydrogens is 272 g/mol. The Kier molecular flexibility index (Phi) is 2.85. The van der Waals surface area contributed by atoms with E-state index in [0.717, 1.165) is 12.8 Å². The average Bonchev–Trinajstić information content (AvgIpc) is 3.25. The zero-order chi connectivity index (χ0) is 14.4. The van der Waals surface area contributed by atoms with Crippen LogP contribution in [0.15, 0.2) is 33.4 Å². The summed E-state index contributed by atoms with van der Waals surface area (Å²) < 4.78 is 10.4. The maximum absolute atomic E-state index is 12.5. The summed E-state index contributed by atoms with van der Waals surface area (Å²) in [5, 5.41) is 13.8. The molecule has 2 aromatic rings. The molecule has 4 rings (SSSR count). The molecule has 21 heavy (non-hydrogen) atoms. The molecule has 2 aliphatic rings. The number of fused-ring (bicyclic) bond motifs is 1. The number of carbonyl (C=O) groups is 1. The third kappa shape index (κ3) is 2.06. The van der Waals surface area contributed by atoms with E-state index in [0.29, 0.717) is 30.5 Å². The fourth-order valence-electron chi connectivity index (χ4n) is 3.48. The first-order valence-electron chi connectivity index (χ1n) is 7.20. The first-order chi connectivity index (χ1) is 10.2. The number of rotatable bonds is 2. The van der Waals surface area contributed by atoms with E-state index in [1.54, 1.807) is 29.4 Å². The minimum absolute atomic E-state index is 0.141. The quantitative estimate of drug-likeness (QED) is 0.911. The standard InChI is InChI=1S/C15H16N2O4/c18-12-4-3-9-7-17(8-10(9)12)15(19)11-6-14(21-16-11)13-2-1-5-20-13/h1-2,5-6,9-10,12,18H,3-4,7-8H2. The molecule has 0 spiro atoms. The van der Waals surface area contributed by atoms with Crippen molar-refractivity contribution < 1.29 is 18.8 Å². The molecule has 1 aliphatic heterocycles. The average molecular weight is 288 g/mol. The van der Waals surface area contributed by atoms with Crippen molar-refractivity contribution in [3.05, 3.63) is 30.2 Å². The second-order valence-electron chi connectivity index (χ2n) is 5.83. The van der Waals surface area contributed by atoms with Crippen LogP contribution in [0.5, 0.6) is 0 Å². The molecule has 1 amide bonds. The molecule has 2 aromatic heterocycles. The van der Waals surface area contributed by atoms with Gasteiger partial charge in [0.1, 0.15) is 0 Å². The van der Waals surface area contributed by atoms with Crippen LogP contribution < -0.4 is 0 Å². The van der Waals surface area contributed by atoms with Gasteiger partial charge in [-0.1, -0.05) is 5.16 Å². The van der Waals surface area contributed by atoms with Crippen molar-refractivity contribution in [2.24, 2.45) is 11.8 Å². The minimum Gasteiger partial charge on any atom is -0.461 e. The molecule has 110 valence electrons. The molecule has 1 saturated carbocycles. The zero-order valence-corrected chi connectivity index (χ0v) is 11.4. The van der Waals surface area contributed by atoms with Crippen LogP contribution in [0.3, 0.4) is 0 Å². The van der Waals surface area contributed by atoms with Gasteiger partial charge in [-0.15, -0.1) is 0 Å². The van der Waals surface area contributed by atoms with Crippen LogP contribution in [0.2, 0.25) is 0 Å². The van der Waals surface area contributed by atoms with E-state index >= 15 is 0 Å². The number of amides is 1. The van der Waals surface area contributed by atoms with Crippen LogP contribution in [0.4, 0.5) is 0 Å². The van der Waals surface area contributed by atoms with Crippen molar-refractivity contribution in [2.45, 2.75) is 18.9 Å². The summed E-state index contributed by atoms with van der Waals surface area (Å²) in [6.07, 6.45) is 3.11. The molecule has 1 N–H and O–H groups in total. The monoisotopic (exact) mass is 288 g/mol. The Labute approximate surface area is 121 Å². The zero-order valence-electron chi connectivity index (χ0n) is 11.4. The van der Waals surface area contributed by atoms with E-state index in [9.17, 15) is 9.90 Å². The Bertz CT molecular complexity index is 648. The van der Waals surface area contributed by atoms with Gasteiger partial charge in [0.15, 0.2) is 11.5 Å². The molecule has 0 aromatic carbocycles. The van der Waals surface area contributed by atoms with E-state index in [1.807, 2.05) is 0 Å². The second kappa shape index (κ2) is 4.73. The molecule has 3 unspecified atom stereocenters. The molecule has 1 saturated heterocycles. The number of aliphatic hydroxyl groups is 1. The number of likely N-dealkylation sites (tertiary alicyclic amines) is 1. The Hall–Kier alpha value is -2.08. The van der Waals surface area contributed by atoms with Crippen LogP contribution in [-0.4, -0.2) is 40.3 Å². The fourth-order valence-corrected chi connectivity index (χ4v) is 3.48. The van der Waals surface area contributed by atoms with Gasteiger partial charge in [0.25, 0.3) is 5.91 Å². The first-order valence-corrected chi connectivity index (χ1v) is 7.20. The van der Waals surface area contributed by atoms with Gasteiger partial charge in [0, 0.05) is 25.1 Å². The third-order valence-electron chi connectivity index (χ3n) is 4.60. The molecule has 0 radical (unpaired) electrons. The van der Waals surface area contributed by atoms with Gasteiger partial charge >= 0.3 is 0 Å². The Balaban J connectivity index is 1.51. The van der Waals surface area contributed by atoms with Crippen molar-refractivity contribution in [1.82, 2.24) is 10.1 Å². The summed E-state index contributed by atoms with van der Waals surface area (Å²) >= 11 is 0. The largest absolute Gasteiger partial charge is 0.461 e. The van der Waals surface area contributed by atoms with Crippen molar-refractivity contribution >= 4 is 5.91 Å². The molecule has 1 aliphatic carbocycles. The van der Waals surface area contributed by atoms with Crippen molar-refractivity contribution in [3.8, 4) is 11.5 Å². The van der Waals surface area contributed by atoms with Gasteiger partial charge < -0.3 is 18.9 Å². The lowest BCUT2D eigenvalue weighted by atomic mass is 10.00. The van der Waals surface area contributed by atoms with Gasteiger partial charge in [0.05, 0.1) is 12.4 Å². The van der Waals surface area contributed by atoms with Gasteiger partial charge in [-0.3, -0.25) is 4.79 Å². The number of nitrogens with zero attached hydrogens (tertiary/aromatic N) is 2. The van der Waals surface area contributed by atoms with Gasteiger partial charge in [-0.05, 0) is 30.9 Å². The number of furan rings is 1. The Morgan fingerprint density at radius 2 is 2.24 bits per heavy atom. The molecule has 6 heteroatoms. The maximum Gasteiger partial charge on any atom is 0.276 e. The van der Waals surface area contributed by atoms with E-state index < -0.39 is 0 Å². The number of hydrogen-bond acceptors (Lipinski definition) is 5. The van der Waals surface area contributed by atoms with Crippen LogP contribution in [0.25, 0.3) is 11.5 Å². The Morgan fingerprint density at radius 1 is 1.33 bits per heavy atom. The van der Waals surface area contributed by atoms with Crippen LogP contribution >= 0.6 is 0 Å². The van der Waals surface area contributed by atoms with E-state index in [1.165, 1.54) is 0 Å². The Morgan fingerprint density at radius 3 is 3.00 bits per heavy atom. The predicted molar refractivity (Wildman–Crippen MR) is 72.3 cm³/mol. The van der Waals surface area contributed by atoms with Crippen molar-refractivity contribution in [1.29, 1.82) is 0 Å². The SMILES string of the molecule is O=C(c1cc(-c2ccco2)on1)N1CC2CCC(O)C2C1. The highest BCUT2D eigenvalue weighted by molar-refractivity contribution is 5.93. The first kappa shape index (κ1) is 12.6. The summed E-state index contributed by atoms with van der Waals surface area (Å²) in [6.45, 7) is 1.30. The number of carbonyl (C=O) groups excluding carboxylic acids is 1.